The lowest BCUT2D eigenvalue weighted by atomic mass is 10.1. The number of hydrogen-bond donors (Lipinski definition) is 0. The number of aryl methyl sites for hydroxylation is 3. The SMILES string of the molecule is Cc1nc2sc(CCc3ccccc3)nn2c1C#N. The van der Waals surface area contributed by atoms with E-state index in [1.807, 2.05) is 25.1 Å². The monoisotopic (exact) mass is 268 g/mol. The lowest BCUT2D eigenvalue weighted by Crippen LogP contribution is -1.94. The molecule has 3 rings (SSSR count). The number of aromatic nitrogens is 3. The van der Waals surface area contributed by atoms with E-state index in [0.717, 1.165) is 28.5 Å². The van der Waals surface area contributed by atoms with Gasteiger partial charge >= 0.3 is 0 Å². The molecule has 2 aromatic heterocycles. The van der Waals surface area contributed by atoms with E-state index < -0.39 is 0 Å². The van der Waals surface area contributed by atoms with Gasteiger partial charge in [-0.2, -0.15) is 14.9 Å². The molecule has 5 heteroatoms. The molecular weight excluding hydrogens is 256 g/mol. The van der Waals surface area contributed by atoms with Gasteiger partial charge in [-0.05, 0) is 18.9 Å². The van der Waals surface area contributed by atoms with Crippen LogP contribution in [0.15, 0.2) is 30.3 Å². The van der Waals surface area contributed by atoms with Gasteiger partial charge in [0, 0.05) is 6.42 Å². The molecule has 0 saturated heterocycles. The zero-order valence-corrected chi connectivity index (χ0v) is 11.3. The van der Waals surface area contributed by atoms with Crippen LogP contribution in [0.5, 0.6) is 0 Å². The standard InChI is InChI=1S/C14H12N4S/c1-10-12(9-15)18-14(16-10)19-13(17-18)8-7-11-5-3-2-4-6-11/h2-6H,7-8H2,1H3. The Morgan fingerprint density at radius 3 is 2.79 bits per heavy atom. The normalized spacial score (nSPS) is 10.7. The van der Waals surface area contributed by atoms with Crippen molar-refractivity contribution in [1.82, 2.24) is 14.6 Å². The highest BCUT2D eigenvalue weighted by Gasteiger charge is 2.13. The van der Waals surface area contributed by atoms with Crippen LogP contribution in [0.4, 0.5) is 0 Å². The summed E-state index contributed by atoms with van der Waals surface area (Å²) in [5.41, 5.74) is 2.58. The molecule has 1 aromatic carbocycles. The van der Waals surface area contributed by atoms with Crippen molar-refractivity contribution in [2.45, 2.75) is 19.8 Å². The summed E-state index contributed by atoms with van der Waals surface area (Å²) in [5.74, 6) is 0. The molecule has 94 valence electrons. The number of imidazole rings is 1. The van der Waals surface area contributed by atoms with Gasteiger partial charge in [-0.3, -0.25) is 0 Å². The van der Waals surface area contributed by atoms with Gasteiger partial charge < -0.3 is 0 Å². The average molecular weight is 268 g/mol. The third-order valence-electron chi connectivity index (χ3n) is 3.00. The average Bonchev–Trinajstić information content (AvgIpc) is 2.93. The minimum absolute atomic E-state index is 0.539. The maximum absolute atomic E-state index is 9.08. The fourth-order valence-corrected chi connectivity index (χ4v) is 2.95. The summed E-state index contributed by atoms with van der Waals surface area (Å²) in [7, 11) is 0. The van der Waals surface area contributed by atoms with Crippen LogP contribution < -0.4 is 0 Å². The van der Waals surface area contributed by atoms with Crippen molar-refractivity contribution in [2.75, 3.05) is 0 Å². The second-order valence-corrected chi connectivity index (χ2v) is 5.37. The molecule has 0 aliphatic heterocycles. The molecule has 0 N–H and O–H groups in total. The number of benzene rings is 1. The molecule has 0 unspecified atom stereocenters. The first-order valence-corrected chi connectivity index (χ1v) is 6.88. The smallest absolute Gasteiger partial charge is 0.213 e. The Bertz CT molecular complexity index is 749. The number of rotatable bonds is 3. The predicted octanol–water partition coefficient (Wildman–Crippen LogP) is 2.76. The van der Waals surface area contributed by atoms with Gasteiger partial charge in [0.1, 0.15) is 11.1 Å². The lowest BCUT2D eigenvalue weighted by molar-refractivity contribution is 0.858. The van der Waals surface area contributed by atoms with E-state index in [-0.39, 0.29) is 0 Å². The molecule has 0 radical (unpaired) electrons. The van der Waals surface area contributed by atoms with Gasteiger partial charge in [-0.15, -0.1) is 0 Å². The summed E-state index contributed by atoms with van der Waals surface area (Å²) < 4.78 is 1.65. The van der Waals surface area contributed by atoms with Gasteiger partial charge in [-0.25, -0.2) is 4.98 Å². The Labute approximate surface area is 115 Å². The van der Waals surface area contributed by atoms with Crippen LogP contribution in [-0.2, 0) is 12.8 Å². The van der Waals surface area contributed by atoms with Gasteiger partial charge in [0.25, 0.3) is 0 Å². The van der Waals surface area contributed by atoms with E-state index >= 15 is 0 Å². The summed E-state index contributed by atoms with van der Waals surface area (Å²) in [4.78, 5) is 5.16. The number of nitrogens with zero attached hydrogens (tertiary/aromatic N) is 4. The molecule has 0 atom stereocenters. The van der Waals surface area contributed by atoms with Crippen molar-refractivity contribution in [3.8, 4) is 6.07 Å². The molecule has 0 aliphatic carbocycles. The van der Waals surface area contributed by atoms with E-state index in [0.29, 0.717) is 5.69 Å². The fourth-order valence-electron chi connectivity index (χ4n) is 2.01. The molecule has 0 bridgehead atoms. The van der Waals surface area contributed by atoms with E-state index in [2.05, 4.69) is 28.3 Å². The topological polar surface area (TPSA) is 54.0 Å². The van der Waals surface area contributed by atoms with Crippen molar-refractivity contribution in [3.05, 3.63) is 52.3 Å². The first kappa shape index (κ1) is 11.9. The molecule has 3 aromatic rings. The van der Waals surface area contributed by atoms with Crippen LogP contribution in [0.3, 0.4) is 0 Å². The maximum atomic E-state index is 9.08. The minimum Gasteiger partial charge on any atom is -0.221 e. The molecule has 0 saturated carbocycles. The fraction of sp³-hybridized carbons (Fsp3) is 0.214. The van der Waals surface area contributed by atoms with Crippen molar-refractivity contribution in [3.63, 3.8) is 0 Å². The quantitative estimate of drug-likeness (QED) is 0.734. The maximum Gasteiger partial charge on any atom is 0.213 e. The molecule has 2 heterocycles. The molecule has 4 nitrogen and oxygen atoms in total. The molecule has 0 fully saturated rings. The number of fused-ring (bicyclic) bond motifs is 1. The summed E-state index contributed by atoms with van der Waals surface area (Å²) in [6.45, 7) is 1.84. The zero-order chi connectivity index (χ0) is 13.2. The van der Waals surface area contributed by atoms with E-state index in [4.69, 9.17) is 5.26 Å². The van der Waals surface area contributed by atoms with Crippen LogP contribution in [0.2, 0.25) is 0 Å². The highest BCUT2D eigenvalue weighted by atomic mass is 32.1. The van der Waals surface area contributed by atoms with Crippen molar-refractivity contribution < 1.29 is 0 Å². The largest absolute Gasteiger partial charge is 0.221 e. The lowest BCUT2D eigenvalue weighted by Gasteiger charge is -1.97. The summed E-state index contributed by atoms with van der Waals surface area (Å²) in [6, 6.07) is 12.5. The second-order valence-electron chi connectivity index (χ2n) is 4.33. The van der Waals surface area contributed by atoms with E-state index in [1.165, 1.54) is 5.56 Å². The molecule has 0 aliphatic rings. The summed E-state index contributed by atoms with van der Waals surface area (Å²) in [6.07, 6.45) is 1.83. The zero-order valence-electron chi connectivity index (χ0n) is 10.5. The predicted molar refractivity (Wildman–Crippen MR) is 74.2 cm³/mol. The van der Waals surface area contributed by atoms with Crippen molar-refractivity contribution >= 4 is 16.3 Å². The van der Waals surface area contributed by atoms with Gasteiger partial charge in [0.15, 0.2) is 5.69 Å². The van der Waals surface area contributed by atoms with E-state index in [9.17, 15) is 0 Å². The van der Waals surface area contributed by atoms with Crippen molar-refractivity contribution in [1.29, 1.82) is 5.26 Å². The van der Waals surface area contributed by atoms with E-state index in [1.54, 1.807) is 15.9 Å². The molecular formula is C14H12N4S. The first-order valence-electron chi connectivity index (χ1n) is 6.07. The number of nitriles is 1. The third kappa shape index (κ3) is 2.23. The summed E-state index contributed by atoms with van der Waals surface area (Å²) >= 11 is 1.56. The molecule has 0 spiro atoms. The van der Waals surface area contributed by atoms with Crippen LogP contribution in [0, 0.1) is 18.3 Å². The highest BCUT2D eigenvalue weighted by molar-refractivity contribution is 7.16. The second kappa shape index (κ2) is 4.82. The Morgan fingerprint density at radius 1 is 1.26 bits per heavy atom. The Balaban J connectivity index is 1.83. The van der Waals surface area contributed by atoms with Crippen LogP contribution in [0.25, 0.3) is 4.96 Å². The number of hydrogen-bond acceptors (Lipinski definition) is 4. The summed E-state index contributed by atoms with van der Waals surface area (Å²) in [5, 5.41) is 14.6. The Hall–Kier alpha value is -2.19. The van der Waals surface area contributed by atoms with Gasteiger partial charge in [0.2, 0.25) is 4.96 Å². The van der Waals surface area contributed by atoms with Crippen LogP contribution in [-0.4, -0.2) is 14.6 Å². The molecule has 19 heavy (non-hydrogen) atoms. The van der Waals surface area contributed by atoms with Crippen molar-refractivity contribution in [2.24, 2.45) is 0 Å². The Kier molecular flexibility index (Phi) is 3.02. The Morgan fingerprint density at radius 2 is 2.05 bits per heavy atom. The highest BCUT2D eigenvalue weighted by Crippen LogP contribution is 2.19. The van der Waals surface area contributed by atoms with Gasteiger partial charge in [0.05, 0.1) is 5.69 Å². The minimum atomic E-state index is 0.539. The molecule has 0 amide bonds. The van der Waals surface area contributed by atoms with Crippen LogP contribution >= 0.6 is 11.3 Å². The van der Waals surface area contributed by atoms with Gasteiger partial charge in [-0.1, -0.05) is 41.7 Å². The third-order valence-corrected chi connectivity index (χ3v) is 3.96. The first-order chi connectivity index (χ1) is 9.28. The van der Waals surface area contributed by atoms with Crippen LogP contribution in [0.1, 0.15) is 22.0 Å².